The summed E-state index contributed by atoms with van der Waals surface area (Å²) in [5.74, 6) is -2.99. The van der Waals surface area contributed by atoms with Crippen molar-refractivity contribution in [3.8, 4) is 0 Å². The zero-order chi connectivity index (χ0) is 32.7. The molecule has 2 fully saturated rings. The van der Waals surface area contributed by atoms with E-state index in [1.165, 1.54) is 0 Å². The quantitative estimate of drug-likeness (QED) is 0.227. The Balaban J connectivity index is 1.53. The summed E-state index contributed by atoms with van der Waals surface area (Å²) in [7, 11) is 0. The molecule has 0 radical (unpaired) electrons. The third-order valence-corrected chi connectivity index (χ3v) is 8.55. The molecule has 1 saturated carbocycles. The van der Waals surface area contributed by atoms with E-state index >= 15 is 0 Å². The summed E-state index contributed by atoms with van der Waals surface area (Å²) >= 11 is 6.30. The standard InChI is InChI=1S/C34H43ClN4O6/c1-20(2)17-27(31(42)38-26(18-22-15-16-36-30(22)41)28(40)32(43)37-25-13-14-25)39-33(44)45-29(21-9-6-5-7-10-21)34(3,4)23-11-8-12-24(35)19-23/h5-12,19-20,22,25-27,29H,13-18H2,1-4H3,(H,36,41)(H,37,43)(H,38,42)(H,39,44)/t22-,26?,27?,29?/m0/s1. The molecule has 1 heterocycles. The molecule has 4 N–H and O–H groups in total. The van der Waals surface area contributed by atoms with E-state index in [9.17, 15) is 24.0 Å². The SMILES string of the molecule is CC(C)CC(NC(=O)OC(c1ccccc1)C(C)(C)c1cccc(Cl)c1)C(=O)NC(C[C@@H]1CCNC1=O)C(=O)C(=O)NC1CC1. The van der Waals surface area contributed by atoms with Crippen molar-refractivity contribution in [1.82, 2.24) is 21.3 Å². The van der Waals surface area contributed by atoms with Gasteiger partial charge in [-0.15, -0.1) is 0 Å². The molecule has 1 aliphatic heterocycles. The van der Waals surface area contributed by atoms with E-state index in [1.807, 2.05) is 76.2 Å². The summed E-state index contributed by atoms with van der Waals surface area (Å²) < 4.78 is 6.06. The molecule has 45 heavy (non-hydrogen) atoms. The summed E-state index contributed by atoms with van der Waals surface area (Å²) in [5, 5.41) is 11.3. The highest BCUT2D eigenvalue weighted by atomic mass is 35.5. The van der Waals surface area contributed by atoms with Crippen molar-refractivity contribution >= 4 is 41.2 Å². The van der Waals surface area contributed by atoms with Crippen LogP contribution >= 0.6 is 11.6 Å². The average Bonchev–Trinajstić information content (AvgIpc) is 3.73. The van der Waals surface area contributed by atoms with Crippen LogP contribution < -0.4 is 21.3 Å². The Bertz CT molecular complexity index is 1390. The number of alkyl carbamates (subject to hydrolysis) is 1. The first kappa shape index (κ1) is 34.0. The van der Waals surface area contributed by atoms with E-state index < -0.39 is 53.2 Å². The number of Topliss-reactive ketones (excluding diaryl/α,β-unsaturated/α-hetero) is 1. The van der Waals surface area contributed by atoms with Gasteiger partial charge in [-0.3, -0.25) is 19.2 Å². The minimum atomic E-state index is -1.23. The second kappa shape index (κ2) is 14.9. The number of ether oxygens (including phenoxy) is 1. The topological polar surface area (TPSA) is 143 Å². The zero-order valence-corrected chi connectivity index (χ0v) is 27.0. The average molecular weight is 639 g/mol. The van der Waals surface area contributed by atoms with Gasteiger partial charge in [0.15, 0.2) is 0 Å². The Morgan fingerprint density at radius 3 is 2.29 bits per heavy atom. The normalized spacial score (nSPS) is 18.4. The zero-order valence-electron chi connectivity index (χ0n) is 26.2. The molecule has 11 heteroatoms. The highest BCUT2D eigenvalue weighted by Crippen LogP contribution is 2.40. The van der Waals surface area contributed by atoms with Gasteiger partial charge in [-0.1, -0.05) is 81.8 Å². The van der Waals surface area contributed by atoms with Crippen LogP contribution in [0.3, 0.4) is 0 Å². The number of ketones is 1. The Kier molecular flexibility index (Phi) is 11.3. The number of carbonyl (C=O) groups is 5. The van der Waals surface area contributed by atoms with Crippen LogP contribution in [0, 0.1) is 11.8 Å². The third-order valence-electron chi connectivity index (χ3n) is 8.32. The van der Waals surface area contributed by atoms with Crippen LogP contribution in [-0.2, 0) is 29.3 Å². The first-order chi connectivity index (χ1) is 21.3. The van der Waals surface area contributed by atoms with Crippen LogP contribution in [0.5, 0.6) is 0 Å². The molecule has 1 saturated heterocycles. The maximum atomic E-state index is 13.7. The Hall–Kier alpha value is -3.92. The molecule has 2 aromatic carbocycles. The van der Waals surface area contributed by atoms with Gasteiger partial charge in [0.25, 0.3) is 5.91 Å². The van der Waals surface area contributed by atoms with E-state index in [2.05, 4.69) is 21.3 Å². The molecule has 242 valence electrons. The van der Waals surface area contributed by atoms with Crippen LogP contribution in [0.25, 0.3) is 0 Å². The fourth-order valence-electron chi connectivity index (χ4n) is 5.59. The first-order valence-corrected chi connectivity index (χ1v) is 15.9. The van der Waals surface area contributed by atoms with E-state index in [4.69, 9.17) is 16.3 Å². The molecule has 10 nitrogen and oxygen atoms in total. The third kappa shape index (κ3) is 9.29. The number of carbonyl (C=O) groups excluding carboxylic acids is 5. The van der Waals surface area contributed by atoms with Crippen molar-refractivity contribution in [3.63, 3.8) is 0 Å². The molecular formula is C34H43ClN4O6. The molecule has 1 aliphatic carbocycles. The Labute approximate surface area is 269 Å². The molecule has 2 aliphatic rings. The van der Waals surface area contributed by atoms with E-state index in [-0.39, 0.29) is 30.7 Å². The van der Waals surface area contributed by atoms with Crippen LogP contribution in [-0.4, -0.2) is 54.3 Å². The summed E-state index contributed by atoms with van der Waals surface area (Å²) in [4.78, 5) is 65.4. The number of rotatable bonds is 14. The lowest BCUT2D eigenvalue weighted by Crippen LogP contribution is -2.55. The van der Waals surface area contributed by atoms with Gasteiger partial charge < -0.3 is 26.0 Å². The van der Waals surface area contributed by atoms with Gasteiger partial charge in [-0.2, -0.15) is 0 Å². The van der Waals surface area contributed by atoms with E-state index in [0.717, 1.165) is 24.0 Å². The Morgan fingerprint density at radius 2 is 1.69 bits per heavy atom. The molecule has 0 spiro atoms. The number of amides is 4. The summed E-state index contributed by atoms with van der Waals surface area (Å²) in [6, 6.07) is 14.3. The van der Waals surface area contributed by atoms with Crippen LogP contribution in [0.2, 0.25) is 5.02 Å². The first-order valence-electron chi connectivity index (χ1n) is 15.6. The molecule has 2 aromatic rings. The predicted molar refractivity (Wildman–Crippen MR) is 170 cm³/mol. The second-order valence-electron chi connectivity index (χ2n) is 12.9. The summed E-state index contributed by atoms with van der Waals surface area (Å²) in [6.45, 7) is 8.16. The summed E-state index contributed by atoms with van der Waals surface area (Å²) in [6.07, 6.45) is 0.742. The van der Waals surface area contributed by atoms with Gasteiger partial charge in [-0.05, 0) is 61.3 Å². The van der Waals surface area contributed by atoms with Gasteiger partial charge in [0.2, 0.25) is 17.6 Å². The van der Waals surface area contributed by atoms with Crippen LogP contribution in [0.1, 0.15) is 77.0 Å². The number of nitrogens with one attached hydrogen (secondary N) is 4. The number of benzene rings is 2. The van der Waals surface area contributed by atoms with E-state index in [1.54, 1.807) is 6.07 Å². The fourth-order valence-corrected chi connectivity index (χ4v) is 5.78. The molecule has 4 rings (SSSR count). The molecule has 3 unspecified atom stereocenters. The maximum Gasteiger partial charge on any atom is 0.408 e. The minimum Gasteiger partial charge on any atom is -0.440 e. The lowest BCUT2D eigenvalue weighted by molar-refractivity contribution is -0.141. The van der Waals surface area contributed by atoms with Crippen molar-refractivity contribution in [2.75, 3.05) is 6.54 Å². The maximum absolute atomic E-state index is 13.7. The van der Waals surface area contributed by atoms with Gasteiger partial charge in [0.1, 0.15) is 12.1 Å². The smallest absolute Gasteiger partial charge is 0.408 e. The number of halogens is 1. The summed E-state index contributed by atoms with van der Waals surface area (Å²) in [5.41, 5.74) is 0.896. The van der Waals surface area contributed by atoms with Crippen LogP contribution in [0.4, 0.5) is 4.79 Å². The molecule has 0 bridgehead atoms. The molecule has 4 atom stereocenters. The van der Waals surface area contributed by atoms with Crippen molar-refractivity contribution in [2.45, 2.75) is 89.4 Å². The number of hydrogen-bond donors (Lipinski definition) is 4. The minimum absolute atomic E-state index is 0.0122. The van der Waals surface area contributed by atoms with Crippen molar-refractivity contribution in [3.05, 3.63) is 70.7 Å². The lowest BCUT2D eigenvalue weighted by atomic mass is 9.76. The highest BCUT2D eigenvalue weighted by molar-refractivity contribution is 6.38. The lowest BCUT2D eigenvalue weighted by Gasteiger charge is -2.35. The largest absolute Gasteiger partial charge is 0.440 e. The van der Waals surface area contributed by atoms with E-state index in [0.29, 0.717) is 18.0 Å². The van der Waals surface area contributed by atoms with Gasteiger partial charge in [0, 0.05) is 28.9 Å². The van der Waals surface area contributed by atoms with Crippen LogP contribution in [0.15, 0.2) is 54.6 Å². The van der Waals surface area contributed by atoms with Gasteiger partial charge >= 0.3 is 6.09 Å². The van der Waals surface area contributed by atoms with Gasteiger partial charge in [0.05, 0.1) is 6.04 Å². The van der Waals surface area contributed by atoms with Crippen molar-refractivity contribution in [2.24, 2.45) is 11.8 Å². The van der Waals surface area contributed by atoms with Gasteiger partial charge in [-0.25, -0.2) is 4.79 Å². The predicted octanol–water partition coefficient (Wildman–Crippen LogP) is 4.36. The monoisotopic (exact) mass is 638 g/mol. The van der Waals surface area contributed by atoms with Crippen molar-refractivity contribution < 1.29 is 28.7 Å². The molecular weight excluding hydrogens is 596 g/mol. The molecule has 0 aromatic heterocycles. The number of hydrogen-bond acceptors (Lipinski definition) is 6. The highest BCUT2D eigenvalue weighted by Gasteiger charge is 2.39. The Morgan fingerprint density at radius 1 is 0.978 bits per heavy atom. The second-order valence-corrected chi connectivity index (χ2v) is 13.4. The van der Waals surface area contributed by atoms with Crippen molar-refractivity contribution in [1.29, 1.82) is 0 Å². The molecule has 4 amide bonds. The fraction of sp³-hybridized carbons (Fsp3) is 0.500.